The number of terminal acetylenes is 1. The number of ether oxygens (including phenoxy) is 3. The zero-order valence-electron chi connectivity index (χ0n) is 22.4. The van der Waals surface area contributed by atoms with Gasteiger partial charge in [0.2, 0.25) is 0 Å². The standard InChI is InChI=1S/C27H43ClO5Si/c1-11-24(33-34(9,10)27(5,6)7)25(31-19-29-8)15-21(3)14-23-16-22(4)26(32-23)18-30-17-20(2)12-13-28/h1,12,14,16,24-25H,13,15,17-19H2,2-10H3/b20-12+,21-14+/t24?,25-/m0/s1. The molecule has 0 radical (unpaired) electrons. The fourth-order valence-electron chi connectivity index (χ4n) is 3.00. The molecule has 1 aromatic heterocycles. The molecule has 2 atom stereocenters. The molecule has 0 saturated heterocycles. The van der Waals surface area contributed by atoms with Crippen LogP contribution in [0.2, 0.25) is 18.1 Å². The highest BCUT2D eigenvalue weighted by Crippen LogP contribution is 2.38. The fourth-order valence-corrected chi connectivity index (χ4v) is 4.47. The highest BCUT2D eigenvalue weighted by atomic mass is 35.5. The molecular weight excluding hydrogens is 468 g/mol. The van der Waals surface area contributed by atoms with Gasteiger partial charge in [-0.1, -0.05) is 43.9 Å². The van der Waals surface area contributed by atoms with Crippen molar-refractivity contribution in [2.24, 2.45) is 0 Å². The Labute approximate surface area is 213 Å². The molecule has 5 nitrogen and oxygen atoms in total. The average Bonchev–Trinajstić information content (AvgIpc) is 3.07. The summed E-state index contributed by atoms with van der Waals surface area (Å²) in [6, 6.07) is 2.01. The first-order valence-electron chi connectivity index (χ1n) is 11.6. The van der Waals surface area contributed by atoms with Crippen LogP contribution >= 0.6 is 11.6 Å². The van der Waals surface area contributed by atoms with E-state index in [1.54, 1.807) is 7.11 Å². The summed E-state index contributed by atoms with van der Waals surface area (Å²) in [5, 5.41) is 0.0429. The Morgan fingerprint density at radius 3 is 2.50 bits per heavy atom. The third kappa shape index (κ3) is 10.1. The van der Waals surface area contributed by atoms with Gasteiger partial charge in [-0.2, -0.15) is 0 Å². The molecule has 0 saturated carbocycles. The molecule has 0 spiro atoms. The molecule has 1 aromatic rings. The van der Waals surface area contributed by atoms with Gasteiger partial charge in [0.15, 0.2) is 8.32 Å². The van der Waals surface area contributed by atoms with Gasteiger partial charge in [0.25, 0.3) is 0 Å². The van der Waals surface area contributed by atoms with Crippen molar-refractivity contribution >= 4 is 26.0 Å². The smallest absolute Gasteiger partial charge is 0.193 e. The number of hydrogen-bond acceptors (Lipinski definition) is 5. The van der Waals surface area contributed by atoms with E-state index in [0.29, 0.717) is 25.5 Å². The first-order valence-corrected chi connectivity index (χ1v) is 15.1. The van der Waals surface area contributed by atoms with Gasteiger partial charge in [-0.25, -0.2) is 0 Å². The molecule has 34 heavy (non-hydrogen) atoms. The first kappa shape index (κ1) is 30.7. The maximum absolute atomic E-state index is 6.51. The molecule has 1 rings (SSSR count). The topological polar surface area (TPSA) is 50.1 Å². The van der Waals surface area contributed by atoms with Crippen LogP contribution in [-0.2, 0) is 25.2 Å². The summed E-state index contributed by atoms with van der Waals surface area (Å²) in [5.41, 5.74) is 3.22. The average molecular weight is 511 g/mol. The molecule has 0 aromatic carbocycles. The van der Waals surface area contributed by atoms with Gasteiger partial charge in [0.1, 0.15) is 37.1 Å². The lowest BCUT2D eigenvalue weighted by Gasteiger charge is -2.39. The molecule has 1 heterocycles. The van der Waals surface area contributed by atoms with E-state index in [0.717, 1.165) is 28.2 Å². The number of furan rings is 1. The Morgan fingerprint density at radius 2 is 1.94 bits per heavy atom. The second-order valence-electron chi connectivity index (χ2n) is 10.2. The van der Waals surface area contributed by atoms with Gasteiger partial charge in [-0.15, -0.1) is 18.0 Å². The van der Waals surface area contributed by atoms with Crippen molar-refractivity contribution in [1.82, 2.24) is 0 Å². The first-order chi connectivity index (χ1) is 15.8. The highest BCUT2D eigenvalue weighted by Gasteiger charge is 2.40. The van der Waals surface area contributed by atoms with E-state index in [9.17, 15) is 0 Å². The molecule has 0 aliphatic heterocycles. The van der Waals surface area contributed by atoms with E-state index < -0.39 is 14.4 Å². The molecule has 1 unspecified atom stereocenters. The number of aryl methyl sites for hydroxylation is 1. The second-order valence-corrected chi connectivity index (χ2v) is 15.3. The van der Waals surface area contributed by atoms with E-state index in [1.165, 1.54) is 0 Å². The number of alkyl halides is 1. The third-order valence-electron chi connectivity index (χ3n) is 6.07. The number of methoxy groups -OCH3 is 1. The Kier molecular flexibility index (Phi) is 12.9. The van der Waals surface area contributed by atoms with Crippen LogP contribution in [0.4, 0.5) is 0 Å². The normalized spacial score (nSPS) is 15.3. The van der Waals surface area contributed by atoms with Crippen molar-refractivity contribution in [3.05, 3.63) is 40.4 Å². The van der Waals surface area contributed by atoms with Gasteiger partial charge in [-0.3, -0.25) is 0 Å². The predicted octanol–water partition coefficient (Wildman–Crippen LogP) is 7.10. The zero-order chi connectivity index (χ0) is 25.9. The summed E-state index contributed by atoms with van der Waals surface area (Å²) < 4.78 is 29.4. The van der Waals surface area contributed by atoms with Crippen molar-refractivity contribution in [3.63, 3.8) is 0 Å². The monoisotopic (exact) mass is 510 g/mol. The molecule has 192 valence electrons. The maximum atomic E-state index is 6.51. The van der Waals surface area contributed by atoms with Gasteiger partial charge >= 0.3 is 0 Å². The summed E-state index contributed by atoms with van der Waals surface area (Å²) in [4.78, 5) is 0. The van der Waals surface area contributed by atoms with Crippen LogP contribution in [0.25, 0.3) is 6.08 Å². The summed E-state index contributed by atoms with van der Waals surface area (Å²) in [5.74, 6) is 4.89. The largest absolute Gasteiger partial charge is 0.459 e. The minimum atomic E-state index is -2.07. The van der Waals surface area contributed by atoms with Crippen molar-refractivity contribution < 1.29 is 23.1 Å². The number of halogens is 1. The molecular formula is C27H43ClO5Si. The van der Waals surface area contributed by atoms with Crippen molar-refractivity contribution in [1.29, 1.82) is 0 Å². The molecule has 0 bridgehead atoms. The van der Waals surface area contributed by atoms with Gasteiger partial charge in [-0.05, 0) is 63.0 Å². The lowest BCUT2D eigenvalue weighted by atomic mass is 10.0. The van der Waals surface area contributed by atoms with Gasteiger partial charge in [0.05, 0.1) is 6.61 Å². The van der Waals surface area contributed by atoms with Crippen LogP contribution < -0.4 is 0 Å². The second kappa shape index (κ2) is 14.3. The molecule has 0 N–H and O–H groups in total. The Bertz CT molecular complexity index is 857. The summed E-state index contributed by atoms with van der Waals surface area (Å²) in [6.07, 6.45) is 9.65. The molecule has 0 aliphatic rings. The van der Waals surface area contributed by atoms with Crippen LogP contribution in [0.3, 0.4) is 0 Å². The fraction of sp³-hybridized carbons (Fsp3) is 0.630. The van der Waals surface area contributed by atoms with E-state index in [4.69, 9.17) is 41.1 Å². The maximum Gasteiger partial charge on any atom is 0.193 e. The number of allylic oxidation sites excluding steroid dienone is 1. The molecule has 0 aliphatic carbocycles. The van der Waals surface area contributed by atoms with E-state index >= 15 is 0 Å². The minimum absolute atomic E-state index is 0.0429. The van der Waals surface area contributed by atoms with Crippen molar-refractivity contribution in [2.75, 3.05) is 26.4 Å². The molecule has 7 heteroatoms. The molecule has 0 amide bonds. The Balaban J connectivity index is 2.94. The van der Waals surface area contributed by atoms with Gasteiger partial charge < -0.3 is 23.1 Å². The van der Waals surface area contributed by atoms with Gasteiger partial charge in [0, 0.05) is 13.0 Å². The zero-order valence-corrected chi connectivity index (χ0v) is 24.2. The van der Waals surface area contributed by atoms with Crippen molar-refractivity contribution in [2.45, 2.75) is 84.9 Å². The number of rotatable bonds is 14. The van der Waals surface area contributed by atoms with E-state index in [1.807, 2.05) is 39.0 Å². The van der Waals surface area contributed by atoms with Crippen molar-refractivity contribution in [3.8, 4) is 12.3 Å². The lowest BCUT2D eigenvalue weighted by Crippen LogP contribution is -2.47. The highest BCUT2D eigenvalue weighted by molar-refractivity contribution is 6.74. The summed E-state index contributed by atoms with van der Waals surface area (Å²) >= 11 is 5.72. The van der Waals surface area contributed by atoms with E-state index in [2.05, 4.69) is 39.8 Å². The van der Waals surface area contributed by atoms with Crippen LogP contribution in [0.1, 0.15) is 58.1 Å². The lowest BCUT2D eigenvalue weighted by molar-refractivity contribution is -0.0966. The Hall–Kier alpha value is -1.33. The Morgan fingerprint density at radius 1 is 1.26 bits per heavy atom. The molecule has 0 fully saturated rings. The SMILES string of the molecule is C#CC(O[Si](C)(C)C(C)(C)C)[C@H](C/C(C)=C/c1cc(C)c(COC/C(C)=C/CCl)o1)OCOC. The van der Waals surface area contributed by atoms with Crippen LogP contribution in [0, 0.1) is 19.3 Å². The summed E-state index contributed by atoms with van der Waals surface area (Å²) in [6.45, 7) is 18.1. The predicted molar refractivity (Wildman–Crippen MR) is 143 cm³/mol. The summed E-state index contributed by atoms with van der Waals surface area (Å²) in [7, 11) is -0.474. The quantitative estimate of drug-likeness (QED) is 0.0878. The van der Waals surface area contributed by atoms with Crippen LogP contribution in [0.5, 0.6) is 0 Å². The van der Waals surface area contributed by atoms with Crippen LogP contribution in [-0.4, -0.2) is 46.9 Å². The third-order valence-corrected chi connectivity index (χ3v) is 10.7. The number of hydrogen-bond donors (Lipinski definition) is 0. The van der Waals surface area contributed by atoms with E-state index in [-0.39, 0.29) is 17.9 Å². The minimum Gasteiger partial charge on any atom is -0.459 e. The van der Waals surface area contributed by atoms with Crippen LogP contribution in [0.15, 0.2) is 27.7 Å².